The van der Waals surface area contributed by atoms with E-state index in [-0.39, 0.29) is 5.76 Å². The van der Waals surface area contributed by atoms with Crippen molar-refractivity contribution in [3.05, 3.63) is 23.7 Å². The van der Waals surface area contributed by atoms with Gasteiger partial charge in [-0.25, -0.2) is 0 Å². The summed E-state index contributed by atoms with van der Waals surface area (Å²) in [6.45, 7) is 1.50. The van der Waals surface area contributed by atoms with Gasteiger partial charge in [0, 0.05) is 0 Å². The first-order valence-electron chi connectivity index (χ1n) is 4.15. The Hall–Kier alpha value is -1.46. The number of halogens is 3. The Kier molecular flexibility index (Phi) is 3.06. The molecule has 0 fully saturated rings. The van der Waals surface area contributed by atoms with E-state index in [0.717, 1.165) is 6.07 Å². The van der Waals surface area contributed by atoms with Crippen LogP contribution in [0.4, 0.5) is 13.2 Å². The number of hydrogen-bond acceptors (Lipinski definition) is 2. The maximum Gasteiger partial charge on any atom is 0.399 e. The first-order chi connectivity index (χ1) is 6.80. The highest BCUT2D eigenvalue weighted by molar-refractivity contribution is 5.68. The van der Waals surface area contributed by atoms with E-state index in [0.29, 0.717) is 5.76 Å². The molecule has 0 aromatic carbocycles. The van der Waals surface area contributed by atoms with Gasteiger partial charge in [-0.05, 0) is 19.1 Å². The second-order valence-corrected chi connectivity index (χ2v) is 3.14. The molecule has 0 aliphatic rings. The molecule has 6 heteroatoms. The predicted molar refractivity (Wildman–Crippen MR) is 44.5 cm³/mol. The lowest BCUT2D eigenvalue weighted by molar-refractivity contribution is -0.166. The van der Waals surface area contributed by atoms with Crippen molar-refractivity contribution in [1.29, 1.82) is 0 Å². The zero-order chi connectivity index (χ0) is 11.6. The molecular weight excluding hydrogens is 213 g/mol. The van der Waals surface area contributed by atoms with Gasteiger partial charge in [0.2, 0.25) is 0 Å². The van der Waals surface area contributed by atoms with E-state index in [4.69, 9.17) is 9.52 Å². The summed E-state index contributed by atoms with van der Waals surface area (Å²) in [7, 11) is 0. The average Bonchev–Trinajstić information content (AvgIpc) is 2.45. The van der Waals surface area contributed by atoms with Gasteiger partial charge in [-0.3, -0.25) is 4.79 Å². The Labute approximate surface area is 83.5 Å². The molecule has 1 unspecified atom stereocenters. The van der Waals surface area contributed by atoms with Crippen molar-refractivity contribution in [1.82, 2.24) is 0 Å². The Morgan fingerprint density at radius 1 is 1.53 bits per heavy atom. The zero-order valence-electron chi connectivity index (χ0n) is 7.84. The third-order valence-corrected chi connectivity index (χ3v) is 1.88. The average molecular weight is 222 g/mol. The maximum atomic E-state index is 12.5. The van der Waals surface area contributed by atoms with E-state index >= 15 is 0 Å². The van der Waals surface area contributed by atoms with Crippen molar-refractivity contribution < 1.29 is 27.5 Å². The molecule has 15 heavy (non-hydrogen) atoms. The highest BCUT2D eigenvalue weighted by Gasteiger charge is 2.44. The monoisotopic (exact) mass is 222 g/mol. The number of carboxylic acids is 1. The highest BCUT2D eigenvalue weighted by Crippen LogP contribution is 2.37. The SMILES string of the molecule is Cc1ccc(C(CC(=O)O)C(F)(F)F)o1. The quantitative estimate of drug-likeness (QED) is 0.855. The maximum absolute atomic E-state index is 12.5. The van der Waals surface area contributed by atoms with E-state index in [1.807, 2.05) is 0 Å². The fourth-order valence-electron chi connectivity index (χ4n) is 1.19. The van der Waals surface area contributed by atoms with Crippen molar-refractivity contribution >= 4 is 5.97 Å². The molecular formula is C9H9F3O3. The minimum atomic E-state index is -4.61. The van der Waals surface area contributed by atoms with Crippen LogP contribution in [0.1, 0.15) is 23.9 Å². The predicted octanol–water partition coefficient (Wildman–Crippen LogP) is 2.71. The van der Waals surface area contributed by atoms with Crippen LogP contribution in [0.3, 0.4) is 0 Å². The van der Waals surface area contributed by atoms with E-state index in [9.17, 15) is 18.0 Å². The molecule has 1 aromatic heterocycles. The largest absolute Gasteiger partial charge is 0.481 e. The summed E-state index contributed by atoms with van der Waals surface area (Å²) < 4.78 is 42.1. The molecule has 1 aromatic rings. The van der Waals surface area contributed by atoms with Crippen molar-refractivity contribution in [2.24, 2.45) is 0 Å². The second kappa shape index (κ2) is 3.96. The lowest BCUT2D eigenvalue weighted by Gasteiger charge is -2.15. The minimum absolute atomic E-state index is 0.324. The molecule has 0 bridgehead atoms. The van der Waals surface area contributed by atoms with Crippen molar-refractivity contribution in [2.75, 3.05) is 0 Å². The molecule has 0 amide bonds. The summed E-state index contributed by atoms with van der Waals surface area (Å²) in [4.78, 5) is 10.3. The number of carbonyl (C=O) groups is 1. The van der Waals surface area contributed by atoms with Crippen LogP contribution in [-0.2, 0) is 4.79 Å². The van der Waals surface area contributed by atoms with Crippen LogP contribution >= 0.6 is 0 Å². The summed E-state index contributed by atoms with van der Waals surface area (Å²) in [5.74, 6) is -3.62. The molecule has 1 atom stereocenters. The van der Waals surface area contributed by atoms with Crippen LogP contribution < -0.4 is 0 Å². The van der Waals surface area contributed by atoms with E-state index < -0.39 is 24.5 Å². The van der Waals surface area contributed by atoms with Gasteiger partial charge in [0.1, 0.15) is 17.4 Å². The topological polar surface area (TPSA) is 50.4 Å². The zero-order valence-corrected chi connectivity index (χ0v) is 7.84. The van der Waals surface area contributed by atoms with Gasteiger partial charge in [-0.15, -0.1) is 0 Å². The third-order valence-electron chi connectivity index (χ3n) is 1.88. The summed E-state index contributed by atoms with van der Waals surface area (Å²) >= 11 is 0. The van der Waals surface area contributed by atoms with Crippen molar-refractivity contribution in [2.45, 2.75) is 25.4 Å². The van der Waals surface area contributed by atoms with Gasteiger partial charge < -0.3 is 9.52 Å². The summed E-state index contributed by atoms with van der Waals surface area (Å²) in [5, 5.41) is 8.37. The number of alkyl halides is 3. The summed E-state index contributed by atoms with van der Waals surface area (Å²) in [6, 6.07) is 2.52. The van der Waals surface area contributed by atoms with E-state index in [1.54, 1.807) is 0 Å². The molecule has 1 N–H and O–H groups in total. The first-order valence-corrected chi connectivity index (χ1v) is 4.15. The van der Waals surface area contributed by atoms with Crippen LogP contribution in [0.2, 0.25) is 0 Å². The smallest absolute Gasteiger partial charge is 0.399 e. The Morgan fingerprint density at radius 2 is 2.13 bits per heavy atom. The van der Waals surface area contributed by atoms with Crippen molar-refractivity contribution in [3.63, 3.8) is 0 Å². The van der Waals surface area contributed by atoms with Gasteiger partial charge in [-0.1, -0.05) is 0 Å². The normalized spacial score (nSPS) is 13.9. The number of aliphatic carboxylic acids is 1. The van der Waals surface area contributed by atoms with Crippen LogP contribution in [-0.4, -0.2) is 17.3 Å². The number of hydrogen-bond donors (Lipinski definition) is 1. The fraction of sp³-hybridized carbons (Fsp3) is 0.444. The molecule has 0 saturated heterocycles. The molecule has 84 valence electrons. The van der Waals surface area contributed by atoms with Crippen LogP contribution in [0, 0.1) is 6.92 Å². The Balaban J connectivity index is 2.96. The number of aryl methyl sites for hydroxylation is 1. The second-order valence-electron chi connectivity index (χ2n) is 3.14. The van der Waals surface area contributed by atoms with E-state index in [1.165, 1.54) is 13.0 Å². The van der Waals surface area contributed by atoms with Crippen LogP contribution in [0.15, 0.2) is 16.5 Å². The lowest BCUT2D eigenvalue weighted by atomic mass is 10.0. The van der Waals surface area contributed by atoms with Gasteiger partial charge in [0.25, 0.3) is 0 Å². The molecule has 3 nitrogen and oxygen atoms in total. The lowest BCUT2D eigenvalue weighted by Crippen LogP contribution is -2.23. The molecule has 0 aliphatic heterocycles. The Bertz CT molecular complexity index is 354. The Morgan fingerprint density at radius 3 is 2.47 bits per heavy atom. The van der Waals surface area contributed by atoms with E-state index in [2.05, 4.69) is 0 Å². The third kappa shape index (κ3) is 3.00. The highest BCUT2D eigenvalue weighted by atomic mass is 19.4. The number of furan rings is 1. The standard InChI is InChI=1S/C9H9F3O3/c1-5-2-3-7(15-5)6(4-8(13)14)9(10,11)12/h2-3,6H,4H2,1H3,(H,13,14). The molecule has 0 saturated carbocycles. The molecule has 1 heterocycles. The van der Waals surface area contributed by atoms with Crippen LogP contribution in [0.5, 0.6) is 0 Å². The minimum Gasteiger partial charge on any atom is -0.481 e. The summed E-state index contributed by atoms with van der Waals surface area (Å²) in [6.07, 6.45) is -5.63. The molecule has 0 spiro atoms. The fourth-order valence-corrected chi connectivity index (χ4v) is 1.19. The van der Waals surface area contributed by atoms with Gasteiger partial charge in [0.15, 0.2) is 0 Å². The molecule has 1 rings (SSSR count). The molecule has 0 radical (unpaired) electrons. The molecule has 0 aliphatic carbocycles. The number of carboxylic acid groups (broad SMARTS) is 1. The number of rotatable bonds is 3. The van der Waals surface area contributed by atoms with Gasteiger partial charge in [-0.2, -0.15) is 13.2 Å². The van der Waals surface area contributed by atoms with Crippen LogP contribution in [0.25, 0.3) is 0 Å². The van der Waals surface area contributed by atoms with Crippen molar-refractivity contribution in [3.8, 4) is 0 Å². The first kappa shape index (κ1) is 11.6. The summed E-state index contributed by atoms with van der Waals surface area (Å²) in [5.41, 5.74) is 0. The van der Waals surface area contributed by atoms with Gasteiger partial charge in [0.05, 0.1) is 6.42 Å². The van der Waals surface area contributed by atoms with Gasteiger partial charge >= 0.3 is 12.1 Å².